The van der Waals surface area contributed by atoms with Gasteiger partial charge in [-0.2, -0.15) is 0 Å². The van der Waals surface area contributed by atoms with Crippen LogP contribution in [0.5, 0.6) is 5.75 Å². The topological polar surface area (TPSA) is 32.7 Å². The van der Waals surface area contributed by atoms with Gasteiger partial charge in [0.25, 0.3) is 0 Å². The molecule has 1 atom stereocenters. The molecule has 0 spiro atoms. The molecule has 18 heavy (non-hydrogen) atoms. The Morgan fingerprint density at radius 3 is 2.61 bits per heavy atom. The fourth-order valence-electron chi connectivity index (χ4n) is 2.17. The summed E-state index contributed by atoms with van der Waals surface area (Å²) in [6, 6.07) is 6.28. The Kier molecular flexibility index (Phi) is 6.16. The van der Waals surface area contributed by atoms with Gasteiger partial charge in [0.2, 0.25) is 0 Å². The first-order chi connectivity index (χ1) is 8.60. The molecule has 0 radical (unpaired) electrons. The summed E-state index contributed by atoms with van der Waals surface area (Å²) in [6.45, 7) is 6.28. The first kappa shape index (κ1) is 15.0. The van der Waals surface area contributed by atoms with Gasteiger partial charge < -0.3 is 14.7 Å². The largest absolute Gasteiger partial charge is 0.496 e. The Morgan fingerprint density at radius 1 is 1.39 bits per heavy atom. The summed E-state index contributed by atoms with van der Waals surface area (Å²) in [5, 5.41) is 9.21. The minimum atomic E-state index is 0.266. The molecule has 0 saturated carbocycles. The van der Waals surface area contributed by atoms with Gasteiger partial charge >= 0.3 is 0 Å². The highest BCUT2D eigenvalue weighted by Gasteiger charge is 2.09. The second-order valence-electron chi connectivity index (χ2n) is 4.96. The molecule has 0 bridgehead atoms. The standard InChI is InChI=1S/C15H25NO2/c1-5-13(11-17)9-16(3)10-14-6-7-15(18-4)12(2)8-14/h6-8,13,17H,5,9-11H2,1-4H3. The van der Waals surface area contributed by atoms with Crippen LogP contribution in [-0.2, 0) is 6.54 Å². The van der Waals surface area contributed by atoms with E-state index in [0.29, 0.717) is 5.92 Å². The number of benzene rings is 1. The first-order valence-electron chi connectivity index (χ1n) is 6.53. The summed E-state index contributed by atoms with van der Waals surface area (Å²) in [6.07, 6.45) is 1.02. The molecule has 0 amide bonds. The van der Waals surface area contributed by atoms with Crippen LogP contribution in [0, 0.1) is 12.8 Å². The van der Waals surface area contributed by atoms with Gasteiger partial charge in [-0.15, -0.1) is 0 Å². The average Bonchev–Trinajstić information content (AvgIpc) is 2.36. The van der Waals surface area contributed by atoms with Crippen molar-refractivity contribution in [2.75, 3.05) is 27.3 Å². The molecular weight excluding hydrogens is 226 g/mol. The van der Waals surface area contributed by atoms with Crippen LogP contribution < -0.4 is 4.74 Å². The van der Waals surface area contributed by atoms with Crippen LogP contribution in [-0.4, -0.2) is 37.3 Å². The van der Waals surface area contributed by atoms with Gasteiger partial charge in [-0.25, -0.2) is 0 Å². The molecule has 3 heteroatoms. The van der Waals surface area contributed by atoms with Gasteiger partial charge in [-0.3, -0.25) is 0 Å². The highest BCUT2D eigenvalue weighted by Crippen LogP contribution is 2.19. The lowest BCUT2D eigenvalue weighted by molar-refractivity contribution is 0.173. The highest BCUT2D eigenvalue weighted by atomic mass is 16.5. The SMILES string of the molecule is CCC(CO)CN(C)Cc1ccc(OC)c(C)c1. The predicted molar refractivity (Wildman–Crippen MR) is 74.9 cm³/mol. The normalized spacial score (nSPS) is 12.8. The van der Waals surface area contributed by atoms with E-state index in [1.54, 1.807) is 7.11 Å². The Hall–Kier alpha value is -1.06. The van der Waals surface area contributed by atoms with Gasteiger partial charge in [-0.05, 0) is 43.5 Å². The van der Waals surface area contributed by atoms with Crippen LogP contribution in [0.1, 0.15) is 24.5 Å². The number of ether oxygens (including phenoxy) is 1. The molecule has 0 aliphatic heterocycles. The van der Waals surface area contributed by atoms with E-state index in [2.05, 4.69) is 37.9 Å². The number of nitrogens with zero attached hydrogens (tertiary/aromatic N) is 1. The number of aliphatic hydroxyl groups excluding tert-OH is 1. The third kappa shape index (κ3) is 4.31. The molecule has 0 heterocycles. The maximum Gasteiger partial charge on any atom is 0.121 e. The summed E-state index contributed by atoms with van der Waals surface area (Å²) >= 11 is 0. The lowest BCUT2D eigenvalue weighted by Gasteiger charge is -2.22. The minimum absolute atomic E-state index is 0.266. The number of aliphatic hydroxyl groups is 1. The summed E-state index contributed by atoms with van der Waals surface area (Å²) < 4.78 is 5.26. The number of aryl methyl sites for hydroxylation is 1. The third-order valence-electron chi connectivity index (χ3n) is 3.32. The number of methoxy groups -OCH3 is 1. The van der Waals surface area contributed by atoms with Gasteiger partial charge in [0.15, 0.2) is 0 Å². The zero-order chi connectivity index (χ0) is 13.5. The zero-order valence-electron chi connectivity index (χ0n) is 11.9. The van der Waals surface area contributed by atoms with Crippen molar-refractivity contribution in [1.82, 2.24) is 4.90 Å². The molecule has 0 aliphatic carbocycles. The fraction of sp³-hybridized carbons (Fsp3) is 0.600. The van der Waals surface area contributed by atoms with Gasteiger partial charge in [0, 0.05) is 19.7 Å². The van der Waals surface area contributed by atoms with Gasteiger partial charge in [0.1, 0.15) is 5.75 Å². The molecule has 1 N–H and O–H groups in total. The molecule has 1 aromatic rings. The van der Waals surface area contributed by atoms with E-state index in [1.165, 1.54) is 5.56 Å². The maximum atomic E-state index is 9.21. The van der Waals surface area contributed by atoms with E-state index in [0.717, 1.165) is 30.8 Å². The lowest BCUT2D eigenvalue weighted by atomic mass is 10.1. The second kappa shape index (κ2) is 7.39. The summed E-state index contributed by atoms with van der Waals surface area (Å²) in [5.41, 5.74) is 2.45. The molecule has 1 aromatic carbocycles. The number of rotatable bonds is 7. The van der Waals surface area contributed by atoms with Gasteiger partial charge in [0.05, 0.1) is 7.11 Å². The fourth-order valence-corrected chi connectivity index (χ4v) is 2.17. The molecule has 0 saturated heterocycles. The molecule has 102 valence electrons. The highest BCUT2D eigenvalue weighted by molar-refractivity contribution is 5.36. The van der Waals surface area contributed by atoms with E-state index in [9.17, 15) is 5.11 Å². The van der Waals surface area contributed by atoms with E-state index >= 15 is 0 Å². The Morgan fingerprint density at radius 2 is 2.11 bits per heavy atom. The Balaban J connectivity index is 2.59. The van der Waals surface area contributed by atoms with Crippen molar-refractivity contribution in [3.63, 3.8) is 0 Å². The Bertz CT molecular complexity index is 362. The molecule has 3 nitrogen and oxygen atoms in total. The monoisotopic (exact) mass is 251 g/mol. The third-order valence-corrected chi connectivity index (χ3v) is 3.32. The second-order valence-corrected chi connectivity index (χ2v) is 4.96. The molecule has 1 rings (SSSR count). The number of hydrogen-bond acceptors (Lipinski definition) is 3. The average molecular weight is 251 g/mol. The molecular formula is C15H25NO2. The van der Waals surface area contributed by atoms with E-state index in [1.807, 2.05) is 6.07 Å². The first-order valence-corrected chi connectivity index (χ1v) is 6.53. The van der Waals surface area contributed by atoms with Gasteiger partial charge in [-0.1, -0.05) is 19.1 Å². The summed E-state index contributed by atoms with van der Waals surface area (Å²) in [4.78, 5) is 2.26. The van der Waals surface area contributed by atoms with E-state index < -0.39 is 0 Å². The van der Waals surface area contributed by atoms with Crippen molar-refractivity contribution in [3.05, 3.63) is 29.3 Å². The number of hydrogen-bond donors (Lipinski definition) is 1. The van der Waals surface area contributed by atoms with Crippen molar-refractivity contribution in [3.8, 4) is 5.75 Å². The van der Waals surface area contributed by atoms with Crippen LogP contribution in [0.15, 0.2) is 18.2 Å². The van der Waals surface area contributed by atoms with Crippen molar-refractivity contribution in [2.24, 2.45) is 5.92 Å². The zero-order valence-corrected chi connectivity index (χ0v) is 11.9. The minimum Gasteiger partial charge on any atom is -0.496 e. The van der Waals surface area contributed by atoms with Crippen LogP contribution >= 0.6 is 0 Å². The predicted octanol–water partition coefficient (Wildman–Crippen LogP) is 2.45. The smallest absolute Gasteiger partial charge is 0.121 e. The molecule has 0 aliphatic rings. The Labute approximate surface area is 110 Å². The van der Waals surface area contributed by atoms with Crippen molar-refractivity contribution in [2.45, 2.75) is 26.8 Å². The quantitative estimate of drug-likeness (QED) is 0.808. The molecule has 0 fully saturated rings. The van der Waals surface area contributed by atoms with Crippen molar-refractivity contribution in [1.29, 1.82) is 0 Å². The van der Waals surface area contributed by atoms with Crippen LogP contribution in [0.3, 0.4) is 0 Å². The van der Waals surface area contributed by atoms with E-state index in [4.69, 9.17) is 4.74 Å². The van der Waals surface area contributed by atoms with Crippen molar-refractivity contribution >= 4 is 0 Å². The van der Waals surface area contributed by atoms with Crippen molar-refractivity contribution < 1.29 is 9.84 Å². The summed E-state index contributed by atoms with van der Waals surface area (Å²) in [5.74, 6) is 1.30. The maximum absolute atomic E-state index is 9.21. The van der Waals surface area contributed by atoms with Crippen LogP contribution in [0.4, 0.5) is 0 Å². The van der Waals surface area contributed by atoms with E-state index in [-0.39, 0.29) is 6.61 Å². The molecule has 0 aromatic heterocycles. The lowest BCUT2D eigenvalue weighted by Crippen LogP contribution is -2.27. The van der Waals surface area contributed by atoms with Crippen LogP contribution in [0.2, 0.25) is 0 Å². The van der Waals surface area contributed by atoms with Crippen LogP contribution in [0.25, 0.3) is 0 Å². The molecule has 1 unspecified atom stereocenters. The summed E-state index contributed by atoms with van der Waals surface area (Å²) in [7, 11) is 3.79.